The number of nitrogens with zero attached hydrogens (tertiary/aromatic N) is 1. The van der Waals surface area contributed by atoms with Gasteiger partial charge in [-0.25, -0.2) is 0 Å². The van der Waals surface area contributed by atoms with E-state index in [-0.39, 0.29) is 5.92 Å². The molecule has 0 spiro atoms. The highest BCUT2D eigenvalue weighted by Crippen LogP contribution is 2.15. The van der Waals surface area contributed by atoms with Gasteiger partial charge in [0.15, 0.2) is 0 Å². The number of aliphatic hydroxyl groups is 1. The molecule has 0 saturated carbocycles. The van der Waals surface area contributed by atoms with Crippen molar-refractivity contribution in [1.29, 1.82) is 0 Å². The molecule has 3 atom stereocenters. The lowest BCUT2D eigenvalue weighted by Gasteiger charge is -2.27. The first-order chi connectivity index (χ1) is 7.52. The molecule has 3 heteroatoms. The highest BCUT2D eigenvalue weighted by molar-refractivity contribution is 5.53. The summed E-state index contributed by atoms with van der Waals surface area (Å²) in [5.74, 6) is 0.231. The van der Waals surface area contributed by atoms with Crippen molar-refractivity contribution in [3.8, 4) is 0 Å². The second-order valence-corrected chi connectivity index (χ2v) is 4.76. The summed E-state index contributed by atoms with van der Waals surface area (Å²) in [6.07, 6.45) is 5.85. The number of hydrogen-bond donors (Lipinski definition) is 1. The van der Waals surface area contributed by atoms with Gasteiger partial charge in [-0.05, 0) is 40.2 Å². The van der Waals surface area contributed by atoms with Gasteiger partial charge >= 0.3 is 0 Å². The topological polar surface area (TPSA) is 40.5 Å². The van der Waals surface area contributed by atoms with E-state index in [2.05, 4.69) is 13.8 Å². The van der Waals surface area contributed by atoms with Gasteiger partial charge in [0.05, 0.1) is 0 Å². The molecule has 96 valence electrons. The van der Waals surface area contributed by atoms with E-state index in [0.29, 0.717) is 6.04 Å². The van der Waals surface area contributed by atoms with Crippen LogP contribution in [0.15, 0.2) is 0 Å². The average molecular weight is 229 g/mol. The Morgan fingerprint density at radius 1 is 1.25 bits per heavy atom. The number of hydrogen-bond acceptors (Lipinski definition) is 3. The first-order valence-corrected chi connectivity index (χ1v) is 6.38. The van der Waals surface area contributed by atoms with Crippen LogP contribution in [0.4, 0.5) is 0 Å². The Morgan fingerprint density at radius 2 is 1.88 bits per heavy atom. The van der Waals surface area contributed by atoms with Gasteiger partial charge in [-0.1, -0.05) is 19.8 Å². The Balaban J connectivity index is 3.75. The lowest BCUT2D eigenvalue weighted by atomic mass is 9.97. The molecule has 1 N–H and O–H groups in total. The molecule has 0 saturated heterocycles. The highest BCUT2D eigenvalue weighted by atomic mass is 16.3. The predicted octanol–water partition coefficient (Wildman–Crippen LogP) is 2.43. The molecular weight excluding hydrogens is 202 g/mol. The van der Waals surface area contributed by atoms with Gasteiger partial charge in [0.2, 0.25) is 0 Å². The zero-order valence-electron chi connectivity index (χ0n) is 11.1. The number of aliphatic hydroxyl groups excluding tert-OH is 1. The van der Waals surface area contributed by atoms with E-state index in [1.807, 2.05) is 11.9 Å². The van der Waals surface area contributed by atoms with Crippen molar-refractivity contribution in [2.24, 2.45) is 5.92 Å². The molecule has 0 aliphatic rings. The first kappa shape index (κ1) is 15.6. The number of carbonyl (C=O) groups is 1. The Hall–Kier alpha value is -0.410. The van der Waals surface area contributed by atoms with Gasteiger partial charge in [0.25, 0.3) is 0 Å². The molecule has 0 aromatic carbocycles. The standard InChI is InChI=1S/C13H27NO2/c1-5-7-13(10-15)9-6-8-11(2)14(4)12(3)16/h10-13,16H,5-9H2,1-4H3/t11?,12?,13-/m1/s1. The van der Waals surface area contributed by atoms with Gasteiger partial charge in [-0.2, -0.15) is 0 Å². The summed E-state index contributed by atoms with van der Waals surface area (Å²) in [6, 6.07) is 0.369. The van der Waals surface area contributed by atoms with E-state index < -0.39 is 6.23 Å². The summed E-state index contributed by atoms with van der Waals surface area (Å²) < 4.78 is 0. The minimum absolute atomic E-state index is 0.231. The third kappa shape index (κ3) is 6.23. The fourth-order valence-electron chi connectivity index (χ4n) is 1.90. The molecule has 16 heavy (non-hydrogen) atoms. The maximum absolute atomic E-state index is 10.8. The zero-order valence-corrected chi connectivity index (χ0v) is 11.1. The van der Waals surface area contributed by atoms with Crippen molar-refractivity contribution in [1.82, 2.24) is 4.90 Å². The number of rotatable bonds is 9. The monoisotopic (exact) mass is 229 g/mol. The molecule has 0 aliphatic carbocycles. The number of carbonyl (C=O) groups excluding carboxylic acids is 1. The molecule has 0 aliphatic heterocycles. The maximum Gasteiger partial charge on any atom is 0.123 e. The van der Waals surface area contributed by atoms with E-state index in [0.717, 1.165) is 38.4 Å². The Bertz CT molecular complexity index is 183. The van der Waals surface area contributed by atoms with Crippen molar-refractivity contribution in [2.75, 3.05) is 7.05 Å². The fraction of sp³-hybridized carbons (Fsp3) is 0.923. The summed E-state index contributed by atoms with van der Waals surface area (Å²) in [5.41, 5.74) is 0. The molecule has 0 fully saturated rings. The van der Waals surface area contributed by atoms with Crippen molar-refractivity contribution < 1.29 is 9.90 Å². The van der Waals surface area contributed by atoms with Crippen LogP contribution in [0.3, 0.4) is 0 Å². The van der Waals surface area contributed by atoms with Crippen molar-refractivity contribution in [2.45, 2.75) is 65.1 Å². The van der Waals surface area contributed by atoms with Gasteiger partial charge in [0, 0.05) is 12.0 Å². The molecule has 0 radical (unpaired) electrons. The lowest BCUT2D eigenvalue weighted by molar-refractivity contribution is -0.111. The molecular formula is C13H27NO2. The van der Waals surface area contributed by atoms with Gasteiger partial charge < -0.3 is 9.90 Å². The van der Waals surface area contributed by atoms with Crippen LogP contribution in [0.25, 0.3) is 0 Å². The van der Waals surface area contributed by atoms with Crippen LogP contribution in [0.1, 0.15) is 52.9 Å². The van der Waals surface area contributed by atoms with Crippen molar-refractivity contribution in [3.05, 3.63) is 0 Å². The second kappa shape index (κ2) is 8.71. The van der Waals surface area contributed by atoms with Crippen LogP contribution < -0.4 is 0 Å². The maximum atomic E-state index is 10.8. The van der Waals surface area contributed by atoms with E-state index in [4.69, 9.17) is 0 Å². The van der Waals surface area contributed by atoms with Gasteiger partial charge in [0.1, 0.15) is 12.5 Å². The van der Waals surface area contributed by atoms with E-state index in [1.165, 1.54) is 0 Å². The predicted molar refractivity (Wildman–Crippen MR) is 67.2 cm³/mol. The van der Waals surface area contributed by atoms with Gasteiger partial charge in [-0.15, -0.1) is 0 Å². The second-order valence-electron chi connectivity index (χ2n) is 4.76. The van der Waals surface area contributed by atoms with Crippen molar-refractivity contribution in [3.63, 3.8) is 0 Å². The van der Waals surface area contributed by atoms with Crippen LogP contribution in [-0.4, -0.2) is 35.6 Å². The SMILES string of the molecule is CCC[C@@H](C=O)CCCC(C)N(C)C(C)O. The summed E-state index contributed by atoms with van der Waals surface area (Å²) in [4.78, 5) is 12.7. The summed E-state index contributed by atoms with van der Waals surface area (Å²) in [6.45, 7) is 6.00. The number of aldehydes is 1. The Morgan fingerprint density at radius 3 is 2.31 bits per heavy atom. The van der Waals surface area contributed by atoms with Crippen LogP contribution in [-0.2, 0) is 4.79 Å². The van der Waals surface area contributed by atoms with E-state index >= 15 is 0 Å². The lowest BCUT2D eigenvalue weighted by Crippen LogP contribution is -2.36. The first-order valence-electron chi connectivity index (χ1n) is 6.38. The average Bonchev–Trinajstić information content (AvgIpc) is 2.26. The largest absolute Gasteiger partial charge is 0.379 e. The van der Waals surface area contributed by atoms with E-state index in [9.17, 15) is 9.90 Å². The molecule has 2 unspecified atom stereocenters. The molecule has 0 amide bonds. The van der Waals surface area contributed by atoms with Crippen molar-refractivity contribution >= 4 is 6.29 Å². The summed E-state index contributed by atoms with van der Waals surface area (Å²) in [7, 11) is 1.93. The van der Waals surface area contributed by atoms with Crippen LogP contribution >= 0.6 is 0 Å². The fourth-order valence-corrected chi connectivity index (χ4v) is 1.90. The van der Waals surface area contributed by atoms with Crippen LogP contribution in [0, 0.1) is 5.92 Å². The molecule has 0 rings (SSSR count). The Labute approximate surface area is 99.8 Å². The minimum atomic E-state index is -0.396. The smallest absolute Gasteiger partial charge is 0.123 e. The zero-order chi connectivity index (χ0) is 12.6. The summed E-state index contributed by atoms with van der Waals surface area (Å²) >= 11 is 0. The third-order valence-corrected chi connectivity index (χ3v) is 3.33. The van der Waals surface area contributed by atoms with Crippen LogP contribution in [0.5, 0.6) is 0 Å². The summed E-state index contributed by atoms with van der Waals surface area (Å²) in [5, 5.41) is 9.40. The van der Waals surface area contributed by atoms with E-state index in [1.54, 1.807) is 6.92 Å². The highest BCUT2D eigenvalue weighted by Gasteiger charge is 2.14. The third-order valence-electron chi connectivity index (χ3n) is 3.33. The molecule has 0 aromatic heterocycles. The normalized spacial score (nSPS) is 17.1. The van der Waals surface area contributed by atoms with Crippen LogP contribution in [0.2, 0.25) is 0 Å². The quantitative estimate of drug-likeness (QED) is 0.487. The molecule has 3 nitrogen and oxygen atoms in total. The molecule has 0 heterocycles. The van der Waals surface area contributed by atoms with Gasteiger partial charge in [-0.3, -0.25) is 4.90 Å². The Kier molecular flexibility index (Phi) is 8.49. The molecule has 0 aromatic rings. The minimum Gasteiger partial charge on any atom is -0.379 e. The molecule has 0 bridgehead atoms.